The molecule has 0 atom stereocenters. The van der Waals surface area contributed by atoms with E-state index in [0.717, 1.165) is 5.56 Å². The number of carbonyl (C=O) groups is 1. The molecular formula is C15H21NO2. The van der Waals surface area contributed by atoms with Crippen LogP contribution in [-0.4, -0.2) is 23.2 Å². The fourth-order valence-corrected chi connectivity index (χ4v) is 1.45. The third kappa shape index (κ3) is 5.15. The van der Waals surface area contributed by atoms with E-state index in [4.69, 9.17) is 5.11 Å². The van der Waals surface area contributed by atoms with Gasteiger partial charge in [-0.15, -0.1) is 0 Å². The highest BCUT2D eigenvalue weighted by Gasteiger charge is 2.17. The zero-order chi connectivity index (χ0) is 13.6. The van der Waals surface area contributed by atoms with Gasteiger partial charge in [-0.3, -0.25) is 4.79 Å². The first-order valence-corrected chi connectivity index (χ1v) is 6.08. The van der Waals surface area contributed by atoms with Gasteiger partial charge in [-0.25, -0.2) is 0 Å². The maximum Gasteiger partial charge on any atom is 0.224 e. The zero-order valence-corrected chi connectivity index (χ0v) is 11.2. The first-order valence-electron chi connectivity index (χ1n) is 6.08. The molecule has 0 unspecified atom stereocenters. The molecule has 18 heavy (non-hydrogen) atoms. The third-order valence-electron chi connectivity index (χ3n) is 2.56. The van der Waals surface area contributed by atoms with Crippen molar-refractivity contribution in [2.45, 2.75) is 32.7 Å². The molecule has 1 rings (SSSR count). The molecule has 0 heterocycles. The molecule has 1 aromatic carbocycles. The second-order valence-corrected chi connectivity index (χ2v) is 5.11. The van der Waals surface area contributed by atoms with E-state index in [1.54, 1.807) is 13.8 Å². The van der Waals surface area contributed by atoms with E-state index in [-0.39, 0.29) is 12.5 Å². The topological polar surface area (TPSA) is 49.3 Å². The van der Waals surface area contributed by atoms with E-state index in [2.05, 4.69) is 5.32 Å². The molecule has 0 spiro atoms. The van der Waals surface area contributed by atoms with Gasteiger partial charge in [0, 0.05) is 6.42 Å². The van der Waals surface area contributed by atoms with Crippen LogP contribution in [0.5, 0.6) is 0 Å². The SMILES string of the molecule is Cc1ccc(/C=C/CC(=O)NC(C)(C)CO)cc1. The van der Waals surface area contributed by atoms with E-state index in [0.29, 0.717) is 6.42 Å². The normalized spacial score (nSPS) is 11.8. The molecule has 3 nitrogen and oxygen atoms in total. The molecule has 0 fully saturated rings. The van der Waals surface area contributed by atoms with Crippen molar-refractivity contribution in [1.82, 2.24) is 5.32 Å². The number of aliphatic hydroxyl groups excluding tert-OH is 1. The zero-order valence-electron chi connectivity index (χ0n) is 11.2. The number of aryl methyl sites for hydroxylation is 1. The first-order chi connectivity index (χ1) is 8.43. The minimum Gasteiger partial charge on any atom is -0.394 e. The quantitative estimate of drug-likeness (QED) is 0.838. The van der Waals surface area contributed by atoms with Gasteiger partial charge in [0.1, 0.15) is 0 Å². The van der Waals surface area contributed by atoms with Crippen molar-refractivity contribution in [3.8, 4) is 0 Å². The summed E-state index contributed by atoms with van der Waals surface area (Å²) in [6.07, 6.45) is 4.07. The van der Waals surface area contributed by atoms with Gasteiger partial charge in [0.2, 0.25) is 5.91 Å². The van der Waals surface area contributed by atoms with E-state index in [9.17, 15) is 4.79 Å². The molecule has 1 amide bonds. The van der Waals surface area contributed by atoms with Gasteiger partial charge in [-0.1, -0.05) is 42.0 Å². The average Bonchev–Trinajstić information content (AvgIpc) is 2.31. The monoisotopic (exact) mass is 247 g/mol. The Hall–Kier alpha value is -1.61. The third-order valence-corrected chi connectivity index (χ3v) is 2.56. The van der Waals surface area contributed by atoms with Gasteiger partial charge in [0.25, 0.3) is 0 Å². The fraction of sp³-hybridized carbons (Fsp3) is 0.400. The number of hydrogen-bond donors (Lipinski definition) is 2. The second kappa shape index (κ2) is 6.36. The number of hydrogen-bond acceptors (Lipinski definition) is 2. The minimum absolute atomic E-state index is 0.0690. The summed E-state index contributed by atoms with van der Waals surface area (Å²) in [5.41, 5.74) is 1.74. The Morgan fingerprint density at radius 3 is 2.50 bits per heavy atom. The van der Waals surface area contributed by atoms with Crippen LogP contribution in [0.2, 0.25) is 0 Å². The van der Waals surface area contributed by atoms with Crippen LogP contribution in [0.15, 0.2) is 30.3 Å². The smallest absolute Gasteiger partial charge is 0.224 e. The van der Waals surface area contributed by atoms with Gasteiger partial charge >= 0.3 is 0 Å². The van der Waals surface area contributed by atoms with Crippen molar-refractivity contribution in [1.29, 1.82) is 0 Å². The number of benzene rings is 1. The molecule has 2 N–H and O–H groups in total. The second-order valence-electron chi connectivity index (χ2n) is 5.11. The van der Waals surface area contributed by atoms with Gasteiger partial charge in [-0.2, -0.15) is 0 Å². The van der Waals surface area contributed by atoms with Crippen molar-refractivity contribution < 1.29 is 9.90 Å². The van der Waals surface area contributed by atoms with E-state index < -0.39 is 5.54 Å². The molecule has 0 aliphatic heterocycles. The lowest BCUT2D eigenvalue weighted by atomic mass is 10.1. The Morgan fingerprint density at radius 2 is 1.94 bits per heavy atom. The van der Waals surface area contributed by atoms with Crippen molar-refractivity contribution >= 4 is 12.0 Å². The average molecular weight is 247 g/mol. The molecule has 0 aliphatic rings. The van der Waals surface area contributed by atoms with Crippen LogP contribution >= 0.6 is 0 Å². The van der Waals surface area contributed by atoms with Crippen LogP contribution in [0.1, 0.15) is 31.4 Å². The molecule has 0 aromatic heterocycles. The molecule has 0 saturated heterocycles. The van der Waals surface area contributed by atoms with Crippen LogP contribution in [0, 0.1) is 6.92 Å². The standard InChI is InChI=1S/C15H21NO2/c1-12-7-9-13(10-8-12)5-4-6-14(18)16-15(2,3)11-17/h4-5,7-10,17H,6,11H2,1-3H3,(H,16,18)/b5-4+. The van der Waals surface area contributed by atoms with Crippen LogP contribution in [0.25, 0.3) is 6.08 Å². The van der Waals surface area contributed by atoms with Crippen molar-refractivity contribution in [2.75, 3.05) is 6.61 Å². The molecule has 3 heteroatoms. The predicted octanol–water partition coefficient (Wildman–Crippen LogP) is 2.29. The highest BCUT2D eigenvalue weighted by Crippen LogP contribution is 2.06. The number of carbonyl (C=O) groups excluding carboxylic acids is 1. The highest BCUT2D eigenvalue weighted by molar-refractivity contribution is 5.79. The largest absolute Gasteiger partial charge is 0.394 e. The number of rotatable bonds is 5. The summed E-state index contributed by atoms with van der Waals surface area (Å²) in [6.45, 7) is 5.54. The summed E-state index contributed by atoms with van der Waals surface area (Å²) < 4.78 is 0. The lowest BCUT2D eigenvalue weighted by Crippen LogP contribution is -2.46. The fourth-order valence-electron chi connectivity index (χ4n) is 1.45. The highest BCUT2D eigenvalue weighted by atomic mass is 16.3. The Kier molecular flexibility index (Phi) is 5.10. The van der Waals surface area contributed by atoms with Gasteiger partial charge in [-0.05, 0) is 26.3 Å². The maximum atomic E-state index is 11.6. The van der Waals surface area contributed by atoms with E-state index >= 15 is 0 Å². The Labute approximate surface area is 109 Å². The van der Waals surface area contributed by atoms with Crippen LogP contribution < -0.4 is 5.32 Å². The summed E-state index contributed by atoms with van der Waals surface area (Å²) in [5, 5.41) is 11.8. The summed E-state index contributed by atoms with van der Waals surface area (Å²) in [5.74, 6) is -0.0857. The summed E-state index contributed by atoms with van der Waals surface area (Å²) >= 11 is 0. The Morgan fingerprint density at radius 1 is 1.33 bits per heavy atom. The lowest BCUT2D eigenvalue weighted by molar-refractivity contribution is -0.122. The van der Waals surface area contributed by atoms with Gasteiger partial charge in [0.05, 0.1) is 12.1 Å². The molecular weight excluding hydrogens is 226 g/mol. The molecule has 1 aromatic rings. The molecule has 0 aliphatic carbocycles. The minimum atomic E-state index is -0.561. The molecule has 0 radical (unpaired) electrons. The van der Waals surface area contributed by atoms with E-state index in [1.807, 2.05) is 43.3 Å². The molecule has 0 bridgehead atoms. The van der Waals surface area contributed by atoms with Crippen LogP contribution in [0.4, 0.5) is 0 Å². The molecule has 0 saturated carbocycles. The number of amides is 1. The Balaban J connectivity index is 2.45. The maximum absolute atomic E-state index is 11.6. The number of aliphatic hydroxyl groups is 1. The molecule has 98 valence electrons. The van der Waals surface area contributed by atoms with Crippen LogP contribution in [0.3, 0.4) is 0 Å². The van der Waals surface area contributed by atoms with Gasteiger partial charge < -0.3 is 10.4 Å². The van der Waals surface area contributed by atoms with Crippen molar-refractivity contribution in [3.05, 3.63) is 41.5 Å². The van der Waals surface area contributed by atoms with Crippen molar-refractivity contribution in [2.24, 2.45) is 0 Å². The summed E-state index contributed by atoms with van der Waals surface area (Å²) in [6, 6.07) is 8.10. The van der Waals surface area contributed by atoms with Crippen LogP contribution in [-0.2, 0) is 4.79 Å². The lowest BCUT2D eigenvalue weighted by Gasteiger charge is -2.22. The summed E-state index contributed by atoms with van der Waals surface area (Å²) in [4.78, 5) is 11.6. The number of nitrogens with one attached hydrogen (secondary N) is 1. The van der Waals surface area contributed by atoms with Gasteiger partial charge in [0.15, 0.2) is 0 Å². The van der Waals surface area contributed by atoms with E-state index in [1.165, 1.54) is 5.56 Å². The van der Waals surface area contributed by atoms with Crippen molar-refractivity contribution in [3.63, 3.8) is 0 Å². The first kappa shape index (κ1) is 14.5. The Bertz CT molecular complexity index is 419. The predicted molar refractivity (Wildman–Crippen MR) is 74.1 cm³/mol. The summed E-state index contributed by atoms with van der Waals surface area (Å²) in [7, 11) is 0.